The topological polar surface area (TPSA) is 77.2 Å². The van der Waals surface area contributed by atoms with Crippen LogP contribution in [0.25, 0.3) is 11.5 Å². The number of rotatable bonds is 6. The van der Waals surface area contributed by atoms with Gasteiger partial charge in [-0.3, -0.25) is 10.1 Å². The van der Waals surface area contributed by atoms with Crippen molar-refractivity contribution in [2.75, 3.05) is 11.9 Å². The van der Waals surface area contributed by atoms with Crippen molar-refractivity contribution in [1.82, 2.24) is 10.2 Å². The number of nitrogens with one attached hydrogen (secondary N) is 1. The molecular formula is C17H14BrN3O3. The van der Waals surface area contributed by atoms with E-state index in [1.54, 1.807) is 0 Å². The van der Waals surface area contributed by atoms with E-state index < -0.39 is 0 Å². The van der Waals surface area contributed by atoms with E-state index in [4.69, 9.17) is 9.15 Å². The number of anilines is 1. The number of para-hydroxylation sites is 1. The van der Waals surface area contributed by atoms with Gasteiger partial charge in [-0.25, -0.2) is 0 Å². The third-order valence-electron chi connectivity index (χ3n) is 3.08. The molecule has 0 radical (unpaired) electrons. The van der Waals surface area contributed by atoms with Crippen molar-refractivity contribution in [3.8, 4) is 17.2 Å². The molecule has 3 aromatic rings. The molecule has 0 saturated heterocycles. The van der Waals surface area contributed by atoms with Crippen molar-refractivity contribution in [2.45, 2.75) is 6.42 Å². The molecule has 122 valence electrons. The Morgan fingerprint density at radius 1 is 1.12 bits per heavy atom. The summed E-state index contributed by atoms with van der Waals surface area (Å²) in [5.74, 6) is 0.808. The van der Waals surface area contributed by atoms with E-state index >= 15 is 0 Å². The molecule has 3 rings (SSSR count). The normalized spacial score (nSPS) is 10.4. The lowest BCUT2D eigenvalue weighted by molar-refractivity contribution is -0.116. The van der Waals surface area contributed by atoms with E-state index in [1.165, 1.54) is 0 Å². The number of halogens is 1. The van der Waals surface area contributed by atoms with E-state index in [9.17, 15) is 4.79 Å². The van der Waals surface area contributed by atoms with Crippen LogP contribution in [0.3, 0.4) is 0 Å². The quantitative estimate of drug-likeness (QED) is 0.693. The predicted octanol–water partition coefficient (Wildman–Crippen LogP) is 3.91. The fourth-order valence-electron chi connectivity index (χ4n) is 1.97. The maximum absolute atomic E-state index is 11.9. The highest BCUT2D eigenvalue weighted by Gasteiger charge is 2.11. The SMILES string of the molecule is O=C(CCOc1ccccc1)Nc1nnc(-c2cccc(Br)c2)o1. The Balaban J connectivity index is 1.52. The van der Waals surface area contributed by atoms with Crippen LogP contribution >= 0.6 is 15.9 Å². The van der Waals surface area contributed by atoms with Gasteiger partial charge in [-0.05, 0) is 30.3 Å². The molecule has 1 N–H and O–H groups in total. The van der Waals surface area contributed by atoms with Crippen LogP contribution in [0.15, 0.2) is 63.5 Å². The number of carbonyl (C=O) groups is 1. The molecule has 0 saturated carbocycles. The lowest BCUT2D eigenvalue weighted by atomic mass is 10.2. The van der Waals surface area contributed by atoms with Crippen molar-refractivity contribution in [1.29, 1.82) is 0 Å². The minimum Gasteiger partial charge on any atom is -0.493 e. The second kappa shape index (κ2) is 7.74. The third-order valence-corrected chi connectivity index (χ3v) is 3.58. The van der Waals surface area contributed by atoms with Crippen LogP contribution in [0, 0.1) is 0 Å². The standard InChI is InChI=1S/C17H14BrN3O3/c18-13-6-4-5-12(11-13)16-20-21-17(24-16)19-15(22)9-10-23-14-7-2-1-3-8-14/h1-8,11H,9-10H2,(H,19,21,22). The van der Waals surface area contributed by atoms with Crippen molar-refractivity contribution in [2.24, 2.45) is 0 Å². The maximum atomic E-state index is 11.9. The lowest BCUT2D eigenvalue weighted by Gasteiger charge is -2.04. The van der Waals surface area contributed by atoms with Gasteiger partial charge in [0.05, 0.1) is 13.0 Å². The van der Waals surface area contributed by atoms with Gasteiger partial charge in [-0.1, -0.05) is 45.3 Å². The van der Waals surface area contributed by atoms with Gasteiger partial charge >= 0.3 is 6.01 Å². The monoisotopic (exact) mass is 387 g/mol. The number of nitrogens with zero attached hydrogens (tertiary/aromatic N) is 2. The number of carbonyl (C=O) groups excluding carboxylic acids is 1. The van der Waals surface area contributed by atoms with Gasteiger partial charge < -0.3 is 9.15 Å². The summed E-state index contributed by atoms with van der Waals surface area (Å²) in [5, 5.41) is 10.3. The second-order valence-corrected chi connectivity index (χ2v) is 5.80. The molecular weight excluding hydrogens is 374 g/mol. The second-order valence-electron chi connectivity index (χ2n) is 4.88. The summed E-state index contributed by atoms with van der Waals surface area (Å²) >= 11 is 3.38. The van der Waals surface area contributed by atoms with Crippen molar-refractivity contribution in [3.63, 3.8) is 0 Å². The average molecular weight is 388 g/mol. The van der Waals surface area contributed by atoms with Gasteiger partial charge in [-0.15, -0.1) is 5.10 Å². The molecule has 2 aromatic carbocycles. The summed E-state index contributed by atoms with van der Waals surface area (Å²) in [7, 11) is 0. The zero-order valence-corrected chi connectivity index (χ0v) is 14.2. The molecule has 1 heterocycles. The van der Waals surface area contributed by atoms with Crippen LogP contribution in [-0.2, 0) is 4.79 Å². The zero-order chi connectivity index (χ0) is 16.8. The number of amides is 1. The highest BCUT2D eigenvalue weighted by atomic mass is 79.9. The molecule has 0 spiro atoms. The first-order valence-corrected chi connectivity index (χ1v) is 8.07. The number of hydrogen-bond donors (Lipinski definition) is 1. The first-order valence-electron chi connectivity index (χ1n) is 7.28. The molecule has 0 bridgehead atoms. The molecule has 0 atom stereocenters. The lowest BCUT2D eigenvalue weighted by Crippen LogP contribution is -2.15. The first kappa shape index (κ1) is 16.2. The van der Waals surface area contributed by atoms with Gasteiger partial charge in [0.2, 0.25) is 11.8 Å². The minimum atomic E-state index is -0.254. The Morgan fingerprint density at radius 2 is 1.96 bits per heavy atom. The summed E-state index contributed by atoms with van der Waals surface area (Å²) in [4.78, 5) is 11.9. The summed E-state index contributed by atoms with van der Waals surface area (Å²) in [6.45, 7) is 0.266. The highest BCUT2D eigenvalue weighted by Crippen LogP contribution is 2.23. The molecule has 0 unspecified atom stereocenters. The van der Waals surface area contributed by atoms with Gasteiger partial charge in [0.15, 0.2) is 0 Å². The smallest absolute Gasteiger partial charge is 0.322 e. The van der Waals surface area contributed by atoms with E-state index in [0.717, 1.165) is 15.8 Å². The number of aromatic nitrogens is 2. The fraction of sp³-hybridized carbons (Fsp3) is 0.118. The van der Waals surface area contributed by atoms with E-state index in [0.29, 0.717) is 5.89 Å². The van der Waals surface area contributed by atoms with Gasteiger partial charge in [0.25, 0.3) is 0 Å². The molecule has 1 amide bonds. The van der Waals surface area contributed by atoms with Crippen LogP contribution in [0.4, 0.5) is 6.01 Å². The van der Waals surface area contributed by atoms with Crippen molar-refractivity contribution < 1.29 is 13.9 Å². The maximum Gasteiger partial charge on any atom is 0.322 e. The molecule has 0 fully saturated rings. The Morgan fingerprint density at radius 3 is 2.75 bits per heavy atom. The number of ether oxygens (including phenoxy) is 1. The van der Waals surface area contributed by atoms with Gasteiger partial charge in [-0.2, -0.15) is 0 Å². The summed E-state index contributed by atoms with van der Waals surface area (Å²) in [5.41, 5.74) is 0.768. The van der Waals surface area contributed by atoms with E-state index in [2.05, 4.69) is 31.4 Å². The number of benzene rings is 2. The Labute approximate surface area is 147 Å². The molecule has 7 heteroatoms. The summed E-state index contributed by atoms with van der Waals surface area (Å²) in [6.07, 6.45) is 0.184. The largest absolute Gasteiger partial charge is 0.493 e. The Kier molecular flexibility index (Phi) is 5.22. The molecule has 1 aromatic heterocycles. The fourth-order valence-corrected chi connectivity index (χ4v) is 2.37. The Hall–Kier alpha value is -2.67. The highest BCUT2D eigenvalue weighted by molar-refractivity contribution is 9.10. The molecule has 0 aliphatic carbocycles. The summed E-state index contributed by atoms with van der Waals surface area (Å²) in [6, 6.07) is 16.8. The Bertz CT molecular complexity index is 821. The van der Waals surface area contributed by atoms with Crippen molar-refractivity contribution >= 4 is 27.9 Å². The zero-order valence-electron chi connectivity index (χ0n) is 12.6. The van der Waals surface area contributed by atoms with Crippen LogP contribution in [0.5, 0.6) is 5.75 Å². The van der Waals surface area contributed by atoms with Crippen LogP contribution < -0.4 is 10.1 Å². The van der Waals surface area contributed by atoms with Crippen LogP contribution in [0.1, 0.15) is 6.42 Å². The van der Waals surface area contributed by atoms with E-state index in [-0.39, 0.29) is 24.9 Å². The first-order chi connectivity index (χ1) is 11.7. The summed E-state index contributed by atoms with van der Waals surface area (Å²) < 4.78 is 11.8. The molecule has 0 aliphatic heterocycles. The van der Waals surface area contributed by atoms with Crippen LogP contribution in [-0.4, -0.2) is 22.7 Å². The third kappa shape index (κ3) is 4.42. The van der Waals surface area contributed by atoms with Gasteiger partial charge in [0, 0.05) is 10.0 Å². The van der Waals surface area contributed by atoms with Crippen molar-refractivity contribution in [3.05, 3.63) is 59.1 Å². The number of hydrogen-bond acceptors (Lipinski definition) is 5. The molecule has 0 aliphatic rings. The van der Waals surface area contributed by atoms with Crippen LogP contribution in [0.2, 0.25) is 0 Å². The van der Waals surface area contributed by atoms with E-state index in [1.807, 2.05) is 54.6 Å². The minimum absolute atomic E-state index is 0.0645. The molecule has 6 nitrogen and oxygen atoms in total. The predicted molar refractivity (Wildman–Crippen MR) is 92.6 cm³/mol. The molecule has 24 heavy (non-hydrogen) atoms. The van der Waals surface area contributed by atoms with Gasteiger partial charge in [0.1, 0.15) is 5.75 Å². The average Bonchev–Trinajstić information content (AvgIpc) is 3.04.